The smallest absolute Gasteiger partial charge is 0.326 e. The topological polar surface area (TPSA) is 67.4 Å². The predicted octanol–water partition coefficient (Wildman–Crippen LogP) is 4.88. The Hall–Kier alpha value is -3.31. The molecule has 0 heterocycles. The van der Waals surface area contributed by atoms with Gasteiger partial charge in [-0.15, -0.1) is 0 Å². The van der Waals surface area contributed by atoms with Crippen LogP contribution in [0.2, 0.25) is 5.02 Å². The van der Waals surface area contributed by atoms with Crippen molar-refractivity contribution in [1.82, 2.24) is 5.32 Å². The number of rotatable bonds is 5. The Kier molecular flexibility index (Phi) is 6.07. The SMILES string of the molecule is O=C(NC(=O)c1ccccc1Cl)Nc1ccc(OCc2ccccc2)cc1. The Morgan fingerprint density at radius 2 is 1.52 bits per heavy atom. The minimum Gasteiger partial charge on any atom is -0.489 e. The third kappa shape index (κ3) is 5.33. The molecule has 2 N–H and O–H groups in total. The van der Waals surface area contributed by atoms with Crippen molar-refractivity contribution in [2.45, 2.75) is 6.61 Å². The predicted molar refractivity (Wildman–Crippen MR) is 105 cm³/mol. The van der Waals surface area contributed by atoms with Crippen LogP contribution >= 0.6 is 11.6 Å². The largest absolute Gasteiger partial charge is 0.489 e. The van der Waals surface area contributed by atoms with Gasteiger partial charge in [-0.25, -0.2) is 4.79 Å². The fraction of sp³-hybridized carbons (Fsp3) is 0.0476. The third-order valence-corrected chi connectivity index (χ3v) is 4.04. The van der Waals surface area contributed by atoms with E-state index >= 15 is 0 Å². The summed E-state index contributed by atoms with van der Waals surface area (Å²) < 4.78 is 5.69. The average Bonchev–Trinajstić information content (AvgIpc) is 2.68. The lowest BCUT2D eigenvalue weighted by Crippen LogP contribution is -2.34. The third-order valence-electron chi connectivity index (χ3n) is 3.71. The molecular formula is C21H17ClN2O3. The highest BCUT2D eigenvalue weighted by Gasteiger charge is 2.13. The van der Waals surface area contributed by atoms with Gasteiger partial charge < -0.3 is 10.1 Å². The number of benzene rings is 3. The number of anilines is 1. The number of imide groups is 1. The van der Waals surface area contributed by atoms with Crippen molar-refractivity contribution < 1.29 is 14.3 Å². The van der Waals surface area contributed by atoms with Crippen LogP contribution in [0.5, 0.6) is 5.75 Å². The maximum Gasteiger partial charge on any atom is 0.326 e. The van der Waals surface area contributed by atoms with Gasteiger partial charge in [-0.05, 0) is 42.0 Å². The highest BCUT2D eigenvalue weighted by molar-refractivity contribution is 6.34. The van der Waals surface area contributed by atoms with Crippen LogP contribution in [0.4, 0.5) is 10.5 Å². The number of nitrogens with one attached hydrogen (secondary N) is 2. The summed E-state index contributed by atoms with van der Waals surface area (Å²) in [7, 11) is 0. The summed E-state index contributed by atoms with van der Waals surface area (Å²) in [6, 6.07) is 22.6. The van der Waals surface area contributed by atoms with Crippen LogP contribution < -0.4 is 15.4 Å². The quantitative estimate of drug-likeness (QED) is 0.662. The first-order valence-corrected chi connectivity index (χ1v) is 8.63. The lowest BCUT2D eigenvalue weighted by Gasteiger charge is -2.09. The number of carbonyl (C=O) groups is 2. The Bertz CT molecular complexity index is 928. The molecule has 0 aliphatic heterocycles. The van der Waals surface area contributed by atoms with Gasteiger partial charge in [0.1, 0.15) is 12.4 Å². The van der Waals surface area contributed by atoms with Gasteiger partial charge in [0, 0.05) is 5.69 Å². The molecule has 0 bridgehead atoms. The van der Waals surface area contributed by atoms with E-state index in [1.165, 1.54) is 0 Å². The summed E-state index contributed by atoms with van der Waals surface area (Å²) in [5, 5.41) is 5.12. The molecule has 3 aromatic rings. The molecule has 0 aromatic heterocycles. The van der Waals surface area contributed by atoms with E-state index in [1.54, 1.807) is 48.5 Å². The van der Waals surface area contributed by atoms with Crippen LogP contribution in [-0.4, -0.2) is 11.9 Å². The molecular weight excluding hydrogens is 364 g/mol. The molecule has 0 saturated heterocycles. The Morgan fingerprint density at radius 1 is 0.852 bits per heavy atom. The van der Waals surface area contributed by atoms with Crippen LogP contribution in [0.1, 0.15) is 15.9 Å². The average molecular weight is 381 g/mol. The number of carbonyl (C=O) groups excluding carboxylic acids is 2. The molecule has 3 amide bonds. The standard InChI is InChI=1S/C21H17ClN2O3/c22-19-9-5-4-8-18(19)20(25)24-21(26)23-16-10-12-17(13-11-16)27-14-15-6-2-1-3-7-15/h1-13H,14H2,(H2,23,24,25,26). The van der Waals surface area contributed by atoms with Gasteiger partial charge in [-0.3, -0.25) is 10.1 Å². The van der Waals surface area contributed by atoms with Gasteiger partial charge in [0.05, 0.1) is 10.6 Å². The zero-order valence-corrected chi connectivity index (χ0v) is 15.1. The van der Waals surface area contributed by atoms with Crippen molar-refractivity contribution >= 4 is 29.2 Å². The minimum absolute atomic E-state index is 0.235. The molecule has 0 radical (unpaired) electrons. The second-order valence-electron chi connectivity index (χ2n) is 5.69. The van der Waals surface area contributed by atoms with E-state index in [2.05, 4.69) is 10.6 Å². The Labute approximate surface area is 161 Å². The molecule has 3 rings (SSSR count). The molecule has 6 heteroatoms. The molecule has 0 unspecified atom stereocenters. The van der Waals surface area contributed by atoms with Crippen molar-refractivity contribution in [3.63, 3.8) is 0 Å². The molecule has 0 atom stereocenters. The number of urea groups is 1. The first-order valence-electron chi connectivity index (χ1n) is 8.25. The lowest BCUT2D eigenvalue weighted by molar-refractivity contribution is 0.0967. The van der Waals surface area contributed by atoms with Gasteiger partial charge in [0.2, 0.25) is 0 Å². The van der Waals surface area contributed by atoms with E-state index in [1.807, 2.05) is 30.3 Å². The van der Waals surface area contributed by atoms with E-state index in [0.717, 1.165) is 5.56 Å². The van der Waals surface area contributed by atoms with E-state index < -0.39 is 11.9 Å². The van der Waals surface area contributed by atoms with Crippen LogP contribution in [-0.2, 0) is 6.61 Å². The zero-order chi connectivity index (χ0) is 19.1. The number of halogens is 1. The van der Waals surface area contributed by atoms with Crippen LogP contribution in [0.25, 0.3) is 0 Å². The van der Waals surface area contributed by atoms with E-state index in [9.17, 15) is 9.59 Å². The van der Waals surface area contributed by atoms with E-state index in [-0.39, 0.29) is 10.6 Å². The van der Waals surface area contributed by atoms with E-state index in [4.69, 9.17) is 16.3 Å². The molecule has 0 spiro atoms. The van der Waals surface area contributed by atoms with Crippen LogP contribution in [0.15, 0.2) is 78.9 Å². The fourth-order valence-corrected chi connectivity index (χ4v) is 2.58. The first kappa shape index (κ1) is 18.5. The van der Waals surface area contributed by atoms with E-state index in [0.29, 0.717) is 18.0 Å². The summed E-state index contributed by atoms with van der Waals surface area (Å²) in [4.78, 5) is 24.0. The molecule has 0 fully saturated rings. The molecule has 0 aliphatic rings. The summed E-state index contributed by atoms with van der Waals surface area (Å²) in [6.45, 7) is 0.459. The first-order chi connectivity index (χ1) is 13.1. The molecule has 27 heavy (non-hydrogen) atoms. The number of ether oxygens (including phenoxy) is 1. The van der Waals surface area contributed by atoms with Gasteiger partial charge in [-0.1, -0.05) is 54.1 Å². The van der Waals surface area contributed by atoms with Crippen molar-refractivity contribution in [2.75, 3.05) is 5.32 Å². The second-order valence-corrected chi connectivity index (χ2v) is 6.09. The normalized spacial score (nSPS) is 10.1. The van der Waals surface area contributed by atoms with Crippen LogP contribution in [0.3, 0.4) is 0 Å². The van der Waals surface area contributed by atoms with Gasteiger partial charge in [-0.2, -0.15) is 0 Å². The van der Waals surface area contributed by atoms with Gasteiger partial charge in [0.25, 0.3) is 5.91 Å². The summed E-state index contributed by atoms with van der Waals surface area (Å²) in [5.41, 5.74) is 1.84. The Balaban J connectivity index is 1.52. The summed E-state index contributed by atoms with van der Waals surface area (Å²) in [5.74, 6) is 0.109. The summed E-state index contributed by atoms with van der Waals surface area (Å²) >= 11 is 5.95. The van der Waals surface area contributed by atoms with Gasteiger partial charge >= 0.3 is 6.03 Å². The number of hydrogen-bond acceptors (Lipinski definition) is 3. The molecule has 3 aromatic carbocycles. The van der Waals surface area contributed by atoms with Crippen molar-refractivity contribution in [3.05, 3.63) is 95.0 Å². The molecule has 0 saturated carbocycles. The van der Waals surface area contributed by atoms with Gasteiger partial charge in [0.15, 0.2) is 0 Å². The lowest BCUT2D eigenvalue weighted by atomic mass is 10.2. The molecule has 5 nitrogen and oxygen atoms in total. The maximum absolute atomic E-state index is 12.1. The zero-order valence-electron chi connectivity index (χ0n) is 14.3. The molecule has 136 valence electrons. The fourth-order valence-electron chi connectivity index (χ4n) is 2.35. The van der Waals surface area contributed by atoms with Crippen molar-refractivity contribution in [2.24, 2.45) is 0 Å². The van der Waals surface area contributed by atoms with Crippen molar-refractivity contribution in [1.29, 1.82) is 0 Å². The second kappa shape index (κ2) is 8.87. The molecule has 0 aliphatic carbocycles. The van der Waals surface area contributed by atoms with Crippen LogP contribution in [0, 0.1) is 0 Å². The Morgan fingerprint density at radius 3 is 2.22 bits per heavy atom. The number of hydrogen-bond donors (Lipinski definition) is 2. The number of amides is 3. The monoisotopic (exact) mass is 380 g/mol. The highest BCUT2D eigenvalue weighted by atomic mass is 35.5. The summed E-state index contributed by atoms with van der Waals surface area (Å²) in [6.07, 6.45) is 0. The minimum atomic E-state index is -0.641. The maximum atomic E-state index is 12.1. The van der Waals surface area contributed by atoms with Crippen molar-refractivity contribution in [3.8, 4) is 5.75 Å². The highest BCUT2D eigenvalue weighted by Crippen LogP contribution is 2.17.